The van der Waals surface area contributed by atoms with Gasteiger partial charge in [0.05, 0.1) is 10.7 Å². The van der Waals surface area contributed by atoms with Gasteiger partial charge in [-0.05, 0) is 44.3 Å². The fourth-order valence-corrected chi connectivity index (χ4v) is 3.18. The van der Waals surface area contributed by atoms with Crippen molar-refractivity contribution in [2.75, 3.05) is 43.4 Å². The molecule has 0 saturated carbocycles. The quantitative estimate of drug-likeness (QED) is 0.924. The molecule has 5 heteroatoms. The van der Waals surface area contributed by atoms with Gasteiger partial charge in [-0.25, -0.2) is 0 Å². The van der Waals surface area contributed by atoms with E-state index in [-0.39, 0.29) is 5.91 Å². The predicted molar refractivity (Wildman–Crippen MR) is 100 cm³/mol. The fraction of sp³-hybridized carbons (Fsp3) is 0.316. The first-order valence-electron chi connectivity index (χ1n) is 8.14. The molecule has 0 aliphatic carbocycles. The van der Waals surface area contributed by atoms with Crippen LogP contribution in [0, 0.1) is 6.92 Å². The van der Waals surface area contributed by atoms with Crippen molar-refractivity contribution in [2.45, 2.75) is 6.92 Å². The minimum atomic E-state index is -0.123. The number of anilines is 2. The molecule has 3 rings (SSSR count). The van der Waals surface area contributed by atoms with E-state index in [4.69, 9.17) is 11.6 Å². The maximum absolute atomic E-state index is 12.3. The van der Waals surface area contributed by atoms with Gasteiger partial charge in [-0.1, -0.05) is 29.3 Å². The summed E-state index contributed by atoms with van der Waals surface area (Å²) in [6.45, 7) is 5.96. The predicted octanol–water partition coefficient (Wildman–Crippen LogP) is 3.65. The Labute approximate surface area is 148 Å². The lowest BCUT2D eigenvalue weighted by Gasteiger charge is -2.34. The van der Waals surface area contributed by atoms with E-state index in [9.17, 15) is 4.79 Å². The van der Waals surface area contributed by atoms with Crippen molar-refractivity contribution >= 4 is 28.9 Å². The van der Waals surface area contributed by atoms with Crippen molar-refractivity contribution in [3.05, 3.63) is 58.6 Å². The van der Waals surface area contributed by atoms with Crippen LogP contribution in [0.2, 0.25) is 5.02 Å². The van der Waals surface area contributed by atoms with E-state index in [1.165, 1.54) is 0 Å². The number of nitrogens with one attached hydrogen (secondary N) is 1. The molecule has 1 saturated heterocycles. The van der Waals surface area contributed by atoms with Crippen LogP contribution in [0.15, 0.2) is 42.5 Å². The van der Waals surface area contributed by atoms with Gasteiger partial charge in [-0.15, -0.1) is 0 Å². The van der Waals surface area contributed by atoms with Crippen LogP contribution in [-0.2, 0) is 0 Å². The van der Waals surface area contributed by atoms with Gasteiger partial charge >= 0.3 is 0 Å². The molecule has 2 aromatic rings. The first-order chi connectivity index (χ1) is 11.5. The molecule has 2 aromatic carbocycles. The van der Waals surface area contributed by atoms with Gasteiger partial charge in [0, 0.05) is 37.4 Å². The first kappa shape index (κ1) is 16.8. The van der Waals surface area contributed by atoms with Gasteiger partial charge in [-0.2, -0.15) is 0 Å². The summed E-state index contributed by atoms with van der Waals surface area (Å²) in [4.78, 5) is 16.9. The lowest BCUT2D eigenvalue weighted by Crippen LogP contribution is -2.44. The molecule has 0 aromatic heterocycles. The Bertz CT molecular complexity index is 739. The minimum Gasteiger partial charge on any atom is -0.368 e. The topological polar surface area (TPSA) is 35.6 Å². The Morgan fingerprint density at radius 2 is 1.83 bits per heavy atom. The van der Waals surface area contributed by atoms with E-state index in [2.05, 4.69) is 22.2 Å². The molecule has 1 aliphatic heterocycles. The molecule has 0 atom stereocenters. The summed E-state index contributed by atoms with van der Waals surface area (Å²) in [5.74, 6) is -0.123. The molecule has 1 heterocycles. The van der Waals surface area contributed by atoms with Crippen molar-refractivity contribution in [3.8, 4) is 0 Å². The Morgan fingerprint density at radius 3 is 2.50 bits per heavy atom. The highest BCUT2D eigenvalue weighted by Gasteiger charge is 2.17. The number of carbonyl (C=O) groups excluding carboxylic acids is 1. The Balaban J connectivity index is 1.71. The van der Waals surface area contributed by atoms with Crippen molar-refractivity contribution < 1.29 is 4.79 Å². The standard InChI is InChI=1S/C19H22ClN3O/c1-14-4-3-5-15(12-14)19(24)21-16-6-7-18(17(20)13-16)23-10-8-22(2)9-11-23/h3-7,12-13H,8-11H2,1-2H3,(H,21,24). The molecular weight excluding hydrogens is 322 g/mol. The number of likely N-dealkylation sites (N-methyl/N-ethyl adjacent to an activating group) is 1. The molecule has 24 heavy (non-hydrogen) atoms. The van der Waals surface area contributed by atoms with Crippen LogP contribution < -0.4 is 10.2 Å². The van der Waals surface area contributed by atoms with E-state index in [0.717, 1.165) is 37.4 Å². The molecule has 0 unspecified atom stereocenters. The summed E-state index contributed by atoms with van der Waals surface area (Å²) >= 11 is 6.45. The average molecular weight is 344 g/mol. The molecule has 0 bridgehead atoms. The number of carbonyl (C=O) groups is 1. The van der Waals surface area contributed by atoms with Gasteiger partial charge < -0.3 is 15.1 Å². The first-order valence-corrected chi connectivity index (χ1v) is 8.52. The van der Waals surface area contributed by atoms with Crippen molar-refractivity contribution in [3.63, 3.8) is 0 Å². The van der Waals surface area contributed by atoms with Crippen molar-refractivity contribution in [2.24, 2.45) is 0 Å². The number of benzene rings is 2. The lowest BCUT2D eigenvalue weighted by atomic mass is 10.1. The van der Waals surface area contributed by atoms with Crippen LogP contribution in [0.1, 0.15) is 15.9 Å². The zero-order chi connectivity index (χ0) is 17.1. The Kier molecular flexibility index (Phi) is 5.07. The minimum absolute atomic E-state index is 0.123. The van der Waals surface area contributed by atoms with Crippen molar-refractivity contribution in [1.29, 1.82) is 0 Å². The molecule has 1 fully saturated rings. The van der Waals surface area contributed by atoms with E-state index < -0.39 is 0 Å². The number of nitrogens with zero attached hydrogens (tertiary/aromatic N) is 2. The number of rotatable bonds is 3. The summed E-state index contributed by atoms with van der Waals surface area (Å²) in [7, 11) is 2.13. The normalized spacial score (nSPS) is 15.4. The number of aryl methyl sites for hydroxylation is 1. The number of hydrogen-bond donors (Lipinski definition) is 1. The third kappa shape index (κ3) is 3.89. The zero-order valence-electron chi connectivity index (χ0n) is 14.1. The molecule has 0 radical (unpaired) electrons. The third-order valence-corrected chi connectivity index (χ3v) is 4.63. The zero-order valence-corrected chi connectivity index (χ0v) is 14.8. The van der Waals surface area contributed by atoms with Crippen LogP contribution in [-0.4, -0.2) is 44.0 Å². The van der Waals surface area contributed by atoms with E-state index in [0.29, 0.717) is 16.3 Å². The summed E-state index contributed by atoms with van der Waals surface area (Å²) < 4.78 is 0. The highest BCUT2D eigenvalue weighted by atomic mass is 35.5. The van der Waals surface area contributed by atoms with Crippen LogP contribution in [0.4, 0.5) is 11.4 Å². The summed E-state index contributed by atoms with van der Waals surface area (Å²) in [5, 5.41) is 3.58. The molecule has 126 valence electrons. The summed E-state index contributed by atoms with van der Waals surface area (Å²) in [6, 6.07) is 13.2. The monoisotopic (exact) mass is 343 g/mol. The van der Waals surface area contributed by atoms with E-state index in [1.54, 1.807) is 0 Å². The molecule has 4 nitrogen and oxygen atoms in total. The summed E-state index contributed by atoms with van der Waals surface area (Å²) in [6.07, 6.45) is 0. The van der Waals surface area contributed by atoms with Crippen LogP contribution in [0.25, 0.3) is 0 Å². The molecule has 1 N–H and O–H groups in total. The summed E-state index contributed by atoms with van der Waals surface area (Å²) in [5.41, 5.74) is 3.45. The number of piperazine rings is 1. The van der Waals surface area contributed by atoms with E-state index in [1.807, 2.05) is 49.4 Å². The van der Waals surface area contributed by atoms with Crippen LogP contribution in [0.3, 0.4) is 0 Å². The second kappa shape index (κ2) is 7.24. The van der Waals surface area contributed by atoms with Crippen LogP contribution >= 0.6 is 11.6 Å². The Hall–Kier alpha value is -2.04. The third-order valence-electron chi connectivity index (χ3n) is 4.33. The van der Waals surface area contributed by atoms with Gasteiger partial charge in [0.1, 0.15) is 0 Å². The number of halogens is 1. The van der Waals surface area contributed by atoms with Gasteiger partial charge in [0.2, 0.25) is 0 Å². The van der Waals surface area contributed by atoms with Gasteiger partial charge in [0.25, 0.3) is 5.91 Å². The van der Waals surface area contributed by atoms with Gasteiger partial charge in [0.15, 0.2) is 0 Å². The maximum atomic E-state index is 12.3. The molecule has 0 spiro atoms. The maximum Gasteiger partial charge on any atom is 0.255 e. The average Bonchev–Trinajstić information content (AvgIpc) is 2.56. The van der Waals surface area contributed by atoms with E-state index >= 15 is 0 Å². The van der Waals surface area contributed by atoms with Crippen molar-refractivity contribution in [1.82, 2.24) is 4.90 Å². The number of amides is 1. The largest absolute Gasteiger partial charge is 0.368 e. The fourth-order valence-electron chi connectivity index (χ4n) is 2.88. The highest BCUT2D eigenvalue weighted by molar-refractivity contribution is 6.33. The highest BCUT2D eigenvalue weighted by Crippen LogP contribution is 2.29. The Morgan fingerprint density at radius 1 is 1.08 bits per heavy atom. The lowest BCUT2D eigenvalue weighted by molar-refractivity contribution is 0.102. The second-order valence-electron chi connectivity index (χ2n) is 6.28. The number of hydrogen-bond acceptors (Lipinski definition) is 3. The molecule has 1 aliphatic rings. The van der Waals surface area contributed by atoms with Gasteiger partial charge in [-0.3, -0.25) is 4.79 Å². The molecule has 1 amide bonds. The smallest absolute Gasteiger partial charge is 0.255 e. The van der Waals surface area contributed by atoms with Crippen LogP contribution in [0.5, 0.6) is 0 Å². The molecular formula is C19H22ClN3O. The second-order valence-corrected chi connectivity index (χ2v) is 6.69. The SMILES string of the molecule is Cc1cccc(C(=O)Nc2ccc(N3CCN(C)CC3)c(Cl)c2)c1.